The van der Waals surface area contributed by atoms with Gasteiger partial charge in [-0.05, 0) is 42.8 Å². The molecule has 0 atom stereocenters. The van der Waals surface area contributed by atoms with Crippen LogP contribution in [-0.2, 0) is 0 Å². The molecule has 0 heterocycles. The number of nitrogens with one attached hydrogen (secondary N) is 1. The van der Waals surface area contributed by atoms with Gasteiger partial charge in [0.25, 0.3) is 0 Å². The lowest BCUT2D eigenvalue weighted by molar-refractivity contribution is 1.40. The fraction of sp³-hybridized carbons (Fsp3) is 0.0769. The zero-order chi connectivity index (χ0) is 12.4. The molecule has 3 nitrogen and oxygen atoms in total. The van der Waals surface area contributed by atoms with Crippen LogP contribution in [0.1, 0.15) is 5.56 Å². The van der Waals surface area contributed by atoms with E-state index < -0.39 is 0 Å². The van der Waals surface area contributed by atoms with Crippen LogP contribution in [0.5, 0.6) is 0 Å². The molecule has 0 amide bonds. The summed E-state index contributed by atoms with van der Waals surface area (Å²) in [5.74, 6) is 0. The van der Waals surface area contributed by atoms with Gasteiger partial charge < -0.3 is 16.8 Å². The van der Waals surface area contributed by atoms with Crippen molar-refractivity contribution < 1.29 is 0 Å². The van der Waals surface area contributed by atoms with Crippen LogP contribution in [0.15, 0.2) is 40.9 Å². The van der Waals surface area contributed by atoms with Gasteiger partial charge in [0.05, 0.1) is 11.4 Å². The summed E-state index contributed by atoms with van der Waals surface area (Å²) in [5.41, 5.74) is 15.8. The van der Waals surface area contributed by atoms with E-state index in [1.807, 2.05) is 37.3 Å². The fourth-order valence-corrected chi connectivity index (χ4v) is 1.92. The maximum absolute atomic E-state index is 5.77. The third kappa shape index (κ3) is 2.53. The normalized spacial score (nSPS) is 10.2. The minimum Gasteiger partial charge on any atom is -0.397 e. The molecule has 4 heteroatoms. The first-order valence-electron chi connectivity index (χ1n) is 5.25. The van der Waals surface area contributed by atoms with E-state index >= 15 is 0 Å². The molecule has 88 valence electrons. The van der Waals surface area contributed by atoms with Gasteiger partial charge in [-0.25, -0.2) is 0 Å². The molecule has 0 unspecified atom stereocenters. The number of benzene rings is 2. The fourth-order valence-electron chi connectivity index (χ4n) is 1.55. The summed E-state index contributed by atoms with van der Waals surface area (Å²) in [7, 11) is 0. The van der Waals surface area contributed by atoms with Crippen molar-refractivity contribution in [3.05, 3.63) is 46.4 Å². The average Bonchev–Trinajstić information content (AvgIpc) is 2.30. The molecule has 0 spiro atoms. The summed E-state index contributed by atoms with van der Waals surface area (Å²) in [5, 5.41) is 3.32. The average molecular weight is 292 g/mol. The number of halogens is 1. The van der Waals surface area contributed by atoms with Crippen LogP contribution in [0.3, 0.4) is 0 Å². The summed E-state index contributed by atoms with van der Waals surface area (Å²) in [6, 6.07) is 11.6. The molecule has 0 aliphatic carbocycles. The van der Waals surface area contributed by atoms with Crippen LogP contribution in [0.2, 0.25) is 0 Å². The summed E-state index contributed by atoms with van der Waals surface area (Å²) >= 11 is 3.50. The Morgan fingerprint density at radius 3 is 2.53 bits per heavy atom. The van der Waals surface area contributed by atoms with Crippen molar-refractivity contribution in [1.82, 2.24) is 0 Å². The van der Waals surface area contributed by atoms with E-state index in [0.29, 0.717) is 11.4 Å². The number of hydrogen-bond acceptors (Lipinski definition) is 3. The summed E-state index contributed by atoms with van der Waals surface area (Å²) < 4.78 is 1.07. The Morgan fingerprint density at radius 1 is 1.06 bits per heavy atom. The second kappa shape index (κ2) is 4.67. The Balaban J connectivity index is 2.31. The third-order valence-corrected chi connectivity index (χ3v) is 3.49. The lowest BCUT2D eigenvalue weighted by Crippen LogP contribution is -1.98. The molecule has 0 saturated carbocycles. The van der Waals surface area contributed by atoms with E-state index in [1.54, 1.807) is 6.07 Å². The molecule has 2 rings (SSSR count). The van der Waals surface area contributed by atoms with E-state index in [0.717, 1.165) is 21.4 Å². The van der Waals surface area contributed by atoms with Crippen LogP contribution in [-0.4, -0.2) is 0 Å². The van der Waals surface area contributed by atoms with Gasteiger partial charge in [0, 0.05) is 15.8 Å². The standard InChI is InChI=1S/C13H14BrN3/c1-8-10(14)3-2-4-13(8)17-9-5-6-11(15)12(16)7-9/h2-7,17H,15-16H2,1H3. The largest absolute Gasteiger partial charge is 0.397 e. The summed E-state index contributed by atoms with van der Waals surface area (Å²) in [4.78, 5) is 0. The van der Waals surface area contributed by atoms with E-state index in [9.17, 15) is 0 Å². The molecule has 17 heavy (non-hydrogen) atoms. The number of hydrogen-bond donors (Lipinski definition) is 3. The lowest BCUT2D eigenvalue weighted by atomic mass is 10.2. The van der Waals surface area contributed by atoms with E-state index in [-0.39, 0.29) is 0 Å². The molecule has 0 fully saturated rings. The van der Waals surface area contributed by atoms with Crippen molar-refractivity contribution in [3.63, 3.8) is 0 Å². The minimum absolute atomic E-state index is 0.586. The van der Waals surface area contributed by atoms with Gasteiger partial charge >= 0.3 is 0 Å². The summed E-state index contributed by atoms with van der Waals surface area (Å²) in [6.45, 7) is 2.05. The Labute approximate surface area is 109 Å². The Bertz CT molecular complexity index is 552. The van der Waals surface area contributed by atoms with Crippen molar-refractivity contribution in [2.45, 2.75) is 6.92 Å². The lowest BCUT2D eigenvalue weighted by Gasteiger charge is -2.11. The van der Waals surface area contributed by atoms with Gasteiger partial charge in [-0.2, -0.15) is 0 Å². The van der Waals surface area contributed by atoms with E-state index in [1.165, 1.54) is 0 Å². The first kappa shape index (κ1) is 11.8. The van der Waals surface area contributed by atoms with Gasteiger partial charge in [0.1, 0.15) is 0 Å². The predicted molar refractivity (Wildman–Crippen MR) is 77.4 cm³/mol. The molecule has 0 aliphatic heterocycles. The topological polar surface area (TPSA) is 64.1 Å². The van der Waals surface area contributed by atoms with Crippen molar-refractivity contribution in [2.24, 2.45) is 0 Å². The molecule has 0 aromatic heterocycles. The SMILES string of the molecule is Cc1c(Br)cccc1Nc1ccc(N)c(N)c1. The Morgan fingerprint density at radius 2 is 1.82 bits per heavy atom. The van der Waals surface area contributed by atoms with Gasteiger partial charge in [-0.15, -0.1) is 0 Å². The van der Waals surface area contributed by atoms with Gasteiger partial charge in [-0.3, -0.25) is 0 Å². The third-order valence-electron chi connectivity index (χ3n) is 2.63. The smallest absolute Gasteiger partial charge is 0.0568 e. The highest BCUT2D eigenvalue weighted by molar-refractivity contribution is 9.10. The van der Waals surface area contributed by atoms with Gasteiger partial charge in [0.2, 0.25) is 0 Å². The zero-order valence-corrected chi connectivity index (χ0v) is 11.1. The molecular weight excluding hydrogens is 278 g/mol. The second-order valence-corrected chi connectivity index (χ2v) is 4.74. The predicted octanol–water partition coefficient (Wildman–Crippen LogP) is 3.67. The molecule has 5 N–H and O–H groups in total. The van der Waals surface area contributed by atoms with E-state index in [4.69, 9.17) is 11.5 Å². The van der Waals surface area contributed by atoms with Crippen LogP contribution in [0.25, 0.3) is 0 Å². The molecular formula is C13H14BrN3. The van der Waals surface area contributed by atoms with Crippen LogP contribution in [0, 0.1) is 6.92 Å². The zero-order valence-electron chi connectivity index (χ0n) is 9.50. The number of nitrogens with two attached hydrogens (primary N) is 2. The molecule has 0 aliphatic rings. The van der Waals surface area contributed by atoms with Gasteiger partial charge in [0.15, 0.2) is 0 Å². The number of rotatable bonds is 2. The maximum Gasteiger partial charge on any atom is 0.0568 e. The minimum atomic E-state index is 0.586. The maximum atomic E-state index is 5.77. The van der Waals surface area contributed by atoms with Gasteiger partial charge in [-0.1, -0.05) is 22.0 Å². The number of anilines is 4. The first-order valence-corrected chi connectivity index (χ1v) is 6.04. The van der Waals surface area contributed by atoms with Crippen molar-refractivity contribution >= 4 is 38.7 Å². The quantitative estimate of drug-likeness (QED) is 0.740. The highest BCUT2D eigenvalue weighted by Crippen LogP contribution is 2.28. The Kier molecular flexibility index (Phi) is 3.24. The molecule has 0 radical (unpaired) electrons. The van der Waals surface area contributed by atoms with E-state index in [2.05, 4.69) is 21.2 Å². The molecule has 2 aromatic rings. The van der Waals surface area contributed by atoms with Crippen molar-refractivity contribution in [2.75, 3.05) is 16.8 Å². The molecule has 0 bridgehead atoms. The highest BCUT2D eigenvalue weighted by Gasteiger charge is 2.03. The second-order valence-electron chi connectivity index (χ2n) is 3.88. The number of nitrogen functional groups attached to an aromatic ring is 2. The first-order chi connectivity index (χ1) is 8.08. The molecule has 2 aromatic carbocycles. The van der Waals surface area contributed by atoms with Crippen LogP contribution < -0.4 is 16.8 Å². The Hall–Kier alpha value is -1.68. The van der Waals surface area contributed by atoms with Crippen molar-refractivity contribution in [1.29, 1.82) is 0 Å². The summed E-state index contributed by atoms with van der Waals surface area (Å²) in [6.07, 6.45) is 0. The van der Waals surface area contributed by atoms with Crippen LogP contribution in [0.4, 0.5) is 22.7 Å². The monoisotopic (exact) mass is 291 g/mol. The highest BCUT2D eigenvalue weighted by atomic mass is 79.9. The van der Waals surface area contributed by atoms with Crippen LogP contribution >= 0.6 is 15.9 Å². The molecule has 0 saturated heterocycles. The van der Waals surface area contributed by atoms with Crippen molar-refractivity contribution in [3.8, 4) is 0 Å².